The van der Waals surface area contributed by atoms with E-state index in [1.54, 1.807) is 11.6 Å². The summed E-state index contributed by atoms with van der Waals surface area (Å²) in [5.74, 6) is 0.819. The summed E-state index contributed by atoms with van der Waals surface area (Å²) in [5.41, 5.74) is 5.11. The number of anilines is 2. The van der Waals surface area contributed by atoms with E-state index >= 15 is 0 Å². The molecular formula is C23H29FN8O. The highest BCUT2D eigenvalue weighted by Crippen LogP contribution is 2.31. The minimum atomic E-state index is -1.19. The zero-order chi connectivity index (χ0) is 23.7. The van der Waals surface area contributed by atoms with Crippen LogP contribution in [0.25, 0.3) is 16.8 Å². The zero-order valence-electron chi connectivity index (χ0n) is 19.6. The Morgan fingerprint density at radius 3 is 2.64 bits per heavy atom. The van der Waals surface area contributed by atoms with Crippen LogP contribution in [0.15, 0.2) is 29.4 Å². The number of nitrogens with one attached hydrogen (secondary N) is 2. The number of rotatable bonds is 5. The Morgan fingerprint density at radius 2 is 2.00 bits per heavy atom. The third kappa shape index (κ3) is 4.64. The van der Waals surface area contributed by atoms with Gasteiger partial charge in [0.15, 0.2) is 5.82 Å². The lowest BCUT2D eigenvalue weighted by Gasteiger charge is -2.34. The zero-order valence-corrected chi connectivity index (χ0v) is 19.6. The second-order valence-corrected chi connectivity index (χ2v) is 8.44. The number of hydrogen-bond donors (Lipinski definition) is 2. The van der Waals surface area contributed by atoms with Gasteiger partial charge in [0.25, 0.3) is 0 Å². The SMILES string of the molecule is CNc1nc(NC2CCN(C(C)=O)CC2F)nn2ccc(-c3ccc(N=C(C)C)c(C)n3)c12. The predicted octanol–water partition coefficient (Wildman–Crippen LogP) is 3.62. The van der Waals surface area contributed by atoms with E-state index in [2.05, 4.69) is 25.7 Å². The monoisotopic (exact) mass is 452 g/mol. The van der Waals surface area contributed by atoms with Gasteiger partial charge in [0.2, 0.25) is 11.9 Å². The van der Waals surface area contributed by atoms with Gasteiger partial charge in [0, 0.05) is 38.0 Å². The van der Waals surface area contributed by atoms with Gasteiger partial charge in [-0.1, -0.05) is 0 Å². The number of fused-ring (bicyclic) bond motifs is 1. The highest BCUT2D eigenvalue weighted by Gasteiger charge is 2.31. The summed E-state index contributed by atoms with van der Waals surface area (Å²) in [6.07, 6.45) is 1.13. The summed E-state index contributed by atoms with van der Waals surface area (Å²) in [6, 6.07) is 5.37. The average Bonchev–Trinajstić information content (AvgIpc) is 3.19. The maximum atomic E-state index is 14.7. The van der Waals surface area contributed by atoms with Crippen molar-refractivity contribution in [3.63, 3.8) is 0 Å². The molecule has 1 fully saturated rings. The summed E-state index contributed by atoms with van der Waals surface area (Å²) < 4.78 is 16.4. The molecule has 33 heavy (non-hydrogen) atoms. The lowest BCUT2D eigenvalue weighted by Crippen LogP contribution is -2.49. The maximum absolute atomic E-state index is 14.7. The van der Waals surface area contributed by atoms with Gasteiger partial charge < -0.3 is 15.5 Å². The highest BCUT2D eigenvalue weighted by molar-refractivity contribution is 5.88. The normalized spacial score (nSPS) is 18.3. The minimum Gasteiger partial charge on any atom is -0.371 e. The van der Waals surface area contributed by atoms with E-state index in [0.717, 1.165) is 33.9 Å². The number of nitrogens with zero attached hydrogens (tertiary/aromatic N) is 6. The first-order valence-electron chi connectivity index (χ1n) is 11.0. The Labute approximate surface area is 192 Å². The number of amides is 1. The number of alkyl halides is 1. The van der Waals surface area contributed by atoms with Gasteiger partial charge in [0.05, 0.1) is 29.7 Å². The molecule has 3 aromatic heterocycles. The van der Waals surface area contributed by atoms with Crippen molar-refractivity contribution in [3.05, 3.63) is 30.1 Å². The maximum Gasteiger partial charge on any atom is 0.243 e. The van der Waals surface area contributed by atoms with Gasteiger partial charge in [0.1, 0.15) is 11.7 Å². The third-order valence-corrected chi connectivity index (χ3v) is 5.73. The van der Waals surface area contributed by atoms with E-state index in [9.17, 15) is 9.18 Å². The lowest BCUT2D eigenvalue weighted by atomic mass is 10.0. The minimum absolute atomic E-state index is 0.0738. The van der Waals surface area contributed by atoms with Crippen LogP contribution in [-0.2, 0) is 4.79 Å². The van der Waals surface area contributed by atoms with Crippen molar-refractivity contribution in [1.29, 1.82) is 0 Å². The van der Waals surface area contributed by atoms with Crippen molar-refractivity contribution in [2.24, 2.45) is 4.99 Å². The fourth-order valence-electron chi connectivity index (χ4n) is 4.05. The van der Waals surface area contributed by atoms with E-state index in [1.165, 1.54) is 11.8 Å². The van der Waals surface area contributed by atoms with Crippen LogP contribution < -0.4 is 10.6 Å². The molecule has 1 aliphatic rings. The van der Waals surface area contributed by atoms with Crippen molar-refractivity contribution >= 4 is 34.6 Å². The number of pyridine rings is 1. The highest BCUT2D eigenvalue weighted by atomic mass is 19.1. The molecule has 9 nitrogen and oxygen atoms in total. The summed E-state index contributed by atoms with van der Waals surface area (Å²) in [4.78, 5) is 26.9. The van der Waals surface area contributed by atoms with E-state index < -0.39 is 12.2 Å². The Hall–Kier alpha value is -3.56. The fraction of sp³-hybridized carbons (Fsp3) is 0.435. The Kier molecular flexibility index (Phi) is 6.26. The topological polar surface area (TPSA) is 99.8 Å². The van der Waals surface area contributed by atoms with Crippen molar-refractivity contribution in [3.8, 4) is 11.3 Å². The first-order chi connectivity index (χ1) is 15.8. The third-order valence-electron chi connectivity index (χ3n) is 5.73. The molecule has 2 unspecified atom stereocenters. The van der Waals surface area contributed by atoms with Crippen LogP contribution in [0.4, 0.5) is 21.8 Å². The van der Waals surface area contributed by atoms with Crippen LogP contribution in [0.5, 0.6) is 0 Å². The van der Waals surface area contributed by atoms with E-state index in [1.807, 2.05) is 45.2 Å². The number of likely N-dealkylation sites (tertiary alicyclic amines) is 1. The molecule has 174 valence electrons. The lowest BCUT2D eigenvalue weighted by molar-refractivity contribution is -0.131. The molecule has 0 spiro atoms. The number of aromatic nitrogens is 4. The van der Waals surface area contributed by atoms with Gasteiger partial charge in [-0.15, -0.1) is 5.10 Å². The van der Waals surface area contributed by atoms with Crippen molar-refractivity contribution in [2.45, 2.75) is 46.3 Å². The molecule has 2 N–H and O–H groups in total. The largest absolute Gasteiger partial charge is 0.371 e. The molecule has 0 saturated carbocycles. The second kappa shape index (κ2) is 9.13. The van der Waals surface area contributed by atoms with Crippen LogP contribution in [0, 0.1) is 6.92 Å². The summed E-state index contributed by atoms with van der Waals surface area (Å²) in [7, 11) is 1.78. The molecule has 3 aromatic rings. The summed E-state index contributed by atoms with van der Waals surface area (Å²) in [6.45, 7) is 7.88. The number of halogens is 1. The van der Waals surface area contributed by atoms with Crippen molar-refractivity contribution in [2.75, 3.05) is 30.8 Å². The van der Waals surface area contributed by atoms with Gasteiger partial charge in [-0.05, 0) is 45.4 Å². The van der Waals surface area contributed by atoms with Gasteiger partial charge in [-0.3, -0.25) is 14.8 Å². The molecule has 4 rings (SSSR count). The fourth-order valence-corrected chi connectivity index (χ4v) is 4.05. The molecule has 1 amide bonds. The quantitative estimate of drug-likeness (QED) is 0.574. The molecule has 2 atom stereocenters. The number of aliphatic imine (C=N–C) groups is 1. The first kappa shape index (κ1) is 22.6. The van der Waals surface area contributed by atoms with Crippen molar-refractivity contribution < 1.29 is 9.18 Å². The average molecular weight is 453 g/mol. The molecule has 0 radical (unpaired) electrons. The molecule has 10 heteroatoms. The molecule has 1 saturated heterocycles. The van der Waals surface area contributed by atoms with Crippen LogP contribution >= 0.6 is 0 Å². The van der Waals surface area contributed by atoms with Crippen LogP contribution in [0.3, 0.4) is 0 Å². The van der Waals surface area contributed by atoms with E-state index in [4.69, 9.17) is 4.98 Å². The smallest absolute Gasteiger partial charge is 0.243 e. The Morgan fingerprint density at radius 1 is 1.21 bits per heavy atom. The van der Waals surface area contributed by atoms with Gasteiger partial charge in [-0.25, -0.2) is 8.91 Å². The van der Waals surface area contributed by atoms with Gasteiger partial charge in [-0.2, -0.15) is 4.98 Å². The predicted molar refractivity (Wildman–Crippen MR) is 128 cm³/mol. The number of hydrogen-bond acceptors (Lipinski definition) is 7. The number of carbonyl (C=O) groups is 1. The molecule has 0 aromatic carbocycles. The molecule has 0 aliphatic carbocycles. The van der Waals surface area contributed by atoms with E-state index in [-0.39, 0.29) is 12.5 Å². The Bertz CT molecular complexity index is 1220. The van der Waals surface area contributed by atoms with Crippen molar-refractivity contribution in [1.82, 2.24) is 24.5 Å². The molecule has 4 heterocycles. The first-order valence-corrected chi connectivity index (χ1v) is 11.0. The second-order valence-electron chi connectivity index (χ2n) is 8.44. The number of carbonyl (C=O) groups excluding carboxylic acids is 1. The van der Waals surface area contributed by atoms with Gasteiger partial charge >= 0.3 is 0 Å². The van der Waals surface area contributed by atoms with E-state index in [0.29, 0.717) is 24.7 Å². The number of piperidine rings is 1. The summed E-state index contributed by atoms with van der Waals surface area (Å²) in [5, 5.41) is 10.8. The summed E-state index contributed by atoms with van der Waals surface area (Å²) >= 11 is 0. The molecular weight excluding hydrogens is 423 g/mol. The Balaban J connectivity index is 1.64. The van der Waals surface area contributed by atoms with Crippen LogP contribution in [0.2, 0.25) is 0 Å². The molecule has 0 bridgehead atoms. The number of aryl methyl sites for hydroxylation is 1. The molecule has 1 aliphatic heterocycles. The van der Waals surface area contributed by atoms with Crippen LogP contribution in [0.1, 0.15) is 32.9 Å². The van der Waals surface area contributed by atoms with Crippen LogP contribution in [-0.4, -0.2) is 68.5 Å². The standard InChI is InChI=1S/C23H29FN8O/c1-13(2)26-18-6-7-19(27-14(18)3)16-8-11-32-21(16)22(25-5)29-23(30-32)28-20-9-10-31(15(4)33)12-17(20)24/h6-8,11,17,20H,9-10,12H2,1-5H3,(H2,25,28,29,30).